The number of methoxy groups -OCH3 is 1. The highest BCUT2D eigenvalue weighted by molar-refractivity contribution is 6.01. The molecule has 0 amide bonds. The summed E-state index contributed by atoms with van der Waals surface area (Å²) in [5.74, 6) is 0.792. The zero-order chi connectivity index (χ0) is 10.7. The molecule has 3 nitrogen and oxygen atoms in total. The molecule has 0 saturated heterocycles. The highest BCUT2D eigenvalue weighted by atomic mass is 19.1. The largest absolute Gasteiger partial charge is 0.497 e. The van der Waals surface area contributed by atoms with Crippen LogP contribution in [0.3, 0.4) is 0 Å². The van der Waals surface area contributed by atoms with Gasteiger partial charge in [0.1, 0.15) is 12.4 Å². The molecule has 0 aromatic heterocycles. The molecule has 80 valence electrons. The number of alkyl halides is 1. The van der Waals surface area contributed by atoms with Crippen LogP contribution in [0.4, 0.5) is 4.39 Å². The van der Waals surface area contributed by atoms with Gasteiger partial charge in [-0.25, -0.2) is 4.39 Å². The van der Waals surface area contributed by atoms with Crippen LogP contribution >= 0.6 is 0 Å². The van der Waals surface area contributed by atoms with Crippen LogP contribution in [0.1, 0.15) is 12.0 Å². The van der Waals surface area contributed by atoms with Gasteiger partial charge >= 0.3 is 0 Å². The molecule has 1 heterocycles. The van der Waals surface area contributed by atoms with Crippen molar-refractivity contribution in [1.82, 2.24) is 0 Å². The van der Waals surface area contributed by atoms with E-state index in [9.17, 15) is 4.39 Å². The Labute approximate surface area is 87.5 Å². The first kappa shape index (κ1) is 9.96. The third-order valence-electron chi connectivity index (χ3n) is 2.33. The molecular weight excluding hydrogens is 197 g/mol. The Bertz CT molecular complexity index is 361. The second-order valence-electron chi connectivity index (χ2n) is 3.35. The average molecular weight is 209 g/mol. The first-order chi connectivity index (χ1) is 7.33. The van der Waals surface area contributed by atoms with Gasteiger partial charge in [-0.15, -0.1) is 0 Å². The molecule has 1 aliphatic heterocycles. The molecule has 15 heavy (non-hydrogen) atoms. The lowest BCUT2D eigenvalue weighted by molar-refractivity contribution is 0.0656. The van der Waals surface area contributed by atoms with Crippen molar-refractivity contribution >= 4 is 5.71 Å². The number of ether oxygens (including phenoxy) is 1. The first-order valence-electron chi connectivity index (χ1n) is 4.76. The summed E-state index contributed by atoms with van der Waals surface area (Å²) in [5, 5.41) is 3.85. The van der Waals surface area contributed by atoms with Crippen LogP contribution in [0.15, 0.2) is 29.4 Å². The Kier molecular flexibility index (Phi) is 2.85. The van der Waals surface area contributed by atoms with Gasteiger partial charge in [0.2, 0.25) is 0 Å². The molecule has 1 atom stereocenters. The fourth-order valence-corrected chi connectivity index (χ4v) is 1.47. The molecule has 1 aliphatic rings. The van der Waals surface area contributed by atoms with Gasteiger partial charge in [0, 0.05) is 6.42 Å². The standard InChI is InChI=1S/C11H12FNO2/c1-14-9-4-2-8(3-5-9)11-6-10(7-12)15-13-11/h2-5,10H,6-7H2,1H3. The molecule has 1 aromatic rings. The van der Waals surface area contributed by atoms with E-state index in [0.717, 1.165) is 17.0 Å². The fraction of sp³-hybridized carbons (Fsp3) is 0.364. The molecule has 0 saturated carbocycles. The van der Waals surface area contributed by atoms with Gasteiger partial charge in [0.25, 0.3) is 0 Å². The lowest BCUT2D eigenvalue weighted by atomic mass is 10.1. The minimum atomic E-state index is -0.497. The quantitative estimate of drug-likeness (QED) is 0.763. The maximum atomic E-state index is 12.3. The van der Waals surface area contributed by atoms with Crippen LogP contribution in [-0.2, 0) is 4.84 Å². The van der Waals surface area contributed by atoms with Crippen molar-refractivity contribution in [1.29, 1.82) is 0 Å². The normalized spacial score (nSPS) is 19.6. The number of halogens is 1. The summed E-state index contributed by atoms with van der Waals surface area (Å²) in [6.07, 6.45) is 0.116. The molecule has 0 radical (unpaired) electrons. The van der Waals surface area contributed by atoms with Crippen molar-refractivity contribution in [2.45, 2.75) is 12.5 Å². The van der Waals surface area contributed by atoms with E-state index >= 15 is 0 Å². The van der Waals surface area contributed by atoms with Crippen molar-refractivity contribution in [2.75, 3.05) is 13.8 Å². The maximum Gasteiger partial charge on any atom is 0.161 e. The molecule has 2 rings (SSSR count). The van der Waals surface area contributed by atoms with Crippen molar-refractivity contribution in [2.24, 2.45) is 5.16 Å². The Hall–Kier alpha value is -1.58. The molecule has 0 spiro atoms. The van der Waals surface area contributed by atoms with E-state index in [-0.39, 0.29) is 0 Å². The Balaban J connectivity index is 2.10. The van der Waals surface area contributed by atoms with Crippen LogP contribution in [0.25, 0.3) is 0 Å². The predicted molar refractivity (Wildman–Crippen MR) is 55.0 cm³/mol. The second kappa shape index (κ2) is 4.29. The van der Waals surface area contributed by atoms with Crippen molar-refractivity contribution in [3.05, 3.63) is 29.8 Å². The fourth-order valence-electron chi connectivity index (χ4n) is 1.47. The van der Waals surface area contributed by atoms with Crippen molar-refractivity contribution in [3.63, 3.8) is 0 Å². The topological polar surface area (TPSA) is 30.8 Å². The van der Waals surface area contributed by atoms with E-state index in [4.69, 9.17) is 9.57 Å². The van der Waals surface area contributed by atoms with Gasteiger partial charge in [-0.1, -0.05) is 5.16 Å². The number of rotatable bonds is 3. The van der Waals surface area contributed by atoms with Crippen LogP contribution in [0.2, 0.25) is 0 Å². The molecule has 0 aliphatic carbocycles. The Morgan fingerprint density at radius 3 is 2.73 bits per heavy atom. The van der Waals surface area contributed by atoms with E-state index in [1.54, 1.807) is 7.11 Å². The van der Waals surface area contributed by atoms with Crippen molar-refractivity contribution in [3.8, 4) is 5.75 Å². The van der Waals surface area contributed by atoms with Gasteiger partial charge in [-0.3, -0.25) is 0 Å². The summed E-state index contributed by atoms with van der Waals surface area (Å²) in [5.41, 5.74) is 1.74. The molecule has 1 aromatic carbocycles. The van der Waals surface area contributed by atoms with E-state index in [0.29, 0.717) is 6.42 Å². The highest BCUT2D eigenvalue weighted by Crippen LogP contribution is 2.19. The number of nitrogens with zero attached hydrogens (tertiary/aromatic N) is 1. The third kappa shape index (κ3) is 2.09. The van der Waals surface area contributed by atoms with E-state index < -0.39 is 12.8 Å². The SMILES string of the molecule is COc1ccc(C2=NOC(CF)C2)cc1. The summed E-state index contributed by atoms with van der Waals surface area (Å²) in [4.78, 5) is 4.91. The van der Waals surface area contributed by atoms with Crippen LogP contribution in [0, 0.1) is 0 Å². The molecule has 0 bridgehead atoms. The number of hydrogen-bond acceptors (Lipinski definition) is 3. The monoisotopic (exact) mass is 209 g/mol. The van der Waals surface area contributed by atoms with Crippen LogP contribution in [-0.4, -0.2) is 25.6 Å². The third-order valence-corrected chi connectivity index (χ3v) is 2.33. The molecular formula is C11H12FNO2. The number of oxime groups is 1. The Morgan fingerprint density at radius 2 is 2.20 bits per heavy atom. The van der Waals surface area contributed by atoms with Crippen LogP contribution in [0.5, 0.6) is 5.75 Å². The average Bonchev–Trinajstić information content (AvgIpc) is 2.78. The highest BCUT2D eigenvalue weighted by Gasteiger charge is 2.21. The van der Waals surface area contributed by atoms with Gasteiger partial charge in [-0.2, -0.15) is 0 Å². The summed E-state index contributed by atoms with van der Waals surface area (Å²) in [6, 6.07) is 7.48. The van der Waals surface area contributed by atoms with E-state index in [2.05, 4.69) is 5.16 Å². The maximum absolute atomic E-state index is 12.3. The van der Waals surface area contributed by atoms with Crippen molar-refractivity contribution < 1.29 is 14.0 Å². The van der Waals surface area contributed by atoms with Gasteiger partial charge in [0.15, 0.2) is 6.10 Å². The van der Waals surface area contributed by atoms with Gasteiger partial charge in [-0.05, 0) is 29.8 Å². The molecule has 1 unspecified atom stereocenters. The zero-order valence-electron chi connectivity index (χ0n) is 8.44. The summed E-state index contributed by atoms with van der Waals surface area (Å²) >= 11 is 0. The van der Waals surface area contributed by atoms with Gasteiger partial charge < -0.3 is 9.57 Å². The summed E-state index contributed by atoms with van der Waals surface area (Å²) in [7, 11) is 1.62. The zero-order valence-corrected chi connectivity index (χ0v) is 8.44. The minimum Gasteiger partial charge on any atom is -0.497 e. The predicted octanol–water partition coefficient (Wildman–Crippen LogP) is 2.16. The molecule has 0 fully saturated rings. The molecule has 4 heteroatoms. The lowest BCUT2D eigenvalue weighted by Gasteiger charge is -2.02. The number of hydrogen-bond donors (Lipinski definition) is 0. The summed E-state index contributed by atoms with van der Waals surface area (Å²) in [6.45, 7) is -0.497. The summed E-state index contributed by atoms with van der Waals surface area (Å²) < 4.78 is 17.3. The molecule has 0 N–H and O–H groups in total. The number of benzene rings is 1. The first-order valence-corrected chi connectivity index (χ1v) is 4.76. The van der Waals surface area contributed by atoms with E-state index in [1.807, 2.05) is 24.3 Å². The lowest BCUT2D eigenvalue weighted by Crippen LogP contribution is -2.10. The Morgan fingerprint density at radius 1 is 1.47 bits per heavy atom. The second-order valence-corrected chi connectivity index (χ2v) is 3.35. The smallest absolute Gasteiger partial charge is 0.161 e. The van der Waals surface area contributed by atoms with Crippen LogP contribution < -0.4 is 4.74 Å². The van der Waals surface area contributed by atoms with Gasteiger partial charge in [0.05, 0.1) is 12.8 Å². The van der Waals surface area contributed by atoms with E-state index in [1.165, 1.54) is 0 Å². The minimum absolute atomic E-state index is 0.415.